The second-order valence-corrected chi connectivity index (χ2v) is 8.39. The summed E-state index contributed by atoms with van der Waals surface area (Å²) in [5.41, 5.74) is 2.32. The van der Waals surface area contributed by atoms with Gasteiger partial charge in [0, 0.05) is 22.6 Å². The Morgan fingerprint density at radius 3 is 2.52 bits per heavy atom. The standard InChI is InChI=1S/C25H23N3O5/c1-15-11-19(16(2)28(15)18-7-5-4-6-8-18)20(29)13-27-23(30)25(3,26-24(27)31)17-9-10-21-22(12-17)33-14-32-21/h4-12H,13-14H2,1-3H3,(H,26,31)/t25-/m1/s1. The molecule has 2 aliphatic heterocycles. The first-order chi connectivity index (χ1) is 15.8. The Balaban J connectivity index is 1.41. The van der Waals surface area contributed by atoms with Gasteiger partial charge in [-0.25, -0.2) is 4.79 Å². The van der Waals surface area contributed by atoms with Crippen LogP contribution in [0.4, 0.5) is 4.79 Å². The van der Waals surface area contributed by atoms with E-state index in [1.165, 1.54) is 0 Å². The Morgan fingerprint density at radius 1 is 1.03 bits per heavy atom. The van der Waals surface area contributed by atoms with E-state index in [2.05, 4.69) is 5.32 Å². The van der Waals surface area contributed by atoms with Gasteiger partial charge in [-0.05, 0) is 56.7 Å². The number of ether oxygens (including phenoxy) is 2. The molecule has 0 bridgehead atoms. The first kappa shape index (κ1) is 20.8. The van der Waals surface area contributed by atoms with Crippen molar-refractivity contribution >= 4 is 17.7 Å². The third-order valence-corrected chi connectivity index (χ3v) is 6.27. The van der Waals surface area contributed by atoms with E-state index in [1.54, 1.807) is 31.2 Å². The highest BCUT2D eigenvalue weighted by Crippen LogP contribution is 2.38. The first-order valence-electron chi connectivity index (χ1n) is 10.6. The van der Waals surface area contributed by atoms with Crippen LogP contribution in [0.5, 0.6) is 11.5 Å². The molecule has 0 unspecified atom stereocenters. The zero-order valence-corrected chi connectivity index (χ0v) is 18.5. The number of ketones is 1. The van der Waals surface area contributed by atoms with E-state index >= 15 is 0 Å². The van der Waals surface area contributed by atoms with Gasteiger partial charge in [0.15, 0.2) is 17.3 Å². The molecular formula is C25H23N3O5. The Bertz CT molecular complexity index is 1300. The van der Waals surface area contributed by atoms with E-state index in [1.807, 2.05) is 48.7 Å². The summed E-state index contributed by atoms with van der Waals surface area (Å²) in [6, 6.07) is 16.0. The summed E-state index contributed by atoms with van der Waals surface area (Å²) in [5, 5.41) is 2.74. The van der Waals surface area contributed by atoms with Crippen molar-refractivity contribution in [1.82, 2.24) is 14.8 Å². The number of fused-ring (bicyclic) bond motifs is 1. The molecule has 3 amide bonds. The Labute approximate surface area is 190 Å². The lowest BCUT2D eigenvalue weighted by Gasteiger charge is -2.22. The number of nitrogens with zero attached hydrogens (tertiary/aromatic N) is 2. The summed E-state index contributed by atoms with van der Waals surface area (Å²) >= 11 is 0. The minimum atomic E-state index is -1.31. The number of hydrogen-bond donors (Lipinski definition) is 1. The maximum absolute atomic E-state index is 13.3. The fourth-order valence-electron chi connectivity index (χ4n) is 4.49. The fourth-order valence-corrected chi connectivity index (χ4v) is 4.49. The average molecular weight is 445 g/mol. The lowest BCUT2D eigenvalue weighted by Crippen LogP contribution is -2.41. The van der Waals surface area contributed by atoms with E-state index in [9.17, 15) is 14.4 Å². The SMILES string of the molecule is Cc1cc(C(=O)CN2C(=O)N[C@](C)(c3ccc4c(c3)OCO4)C2=O)c(C)n1-c1ccccc1. The minimum Gasteiger partial charge on any atom is -0.454 e. The summed E-state index contributed by atoms with van der Waals surface area (Å²) in [4.78, 5) is 40.2. The molecule has 8 heteroatoms. The third kappa shape index (κ3) is 3.26. The zero-order valence-electron chi connectivity index (χ0n) is 18.5. The molecule has 0 saturated carbocycles. The second kappa shape index (κ2) is 7.51. The quantitative estimate of drug-likeness (QED) is 0.480. The molecule has 1 saturated heterocycles. The van der Waals surface area contributed by atoms with Crippen LogP contribution in [0.2, 0.25) is 0 Å². The van der Waals surface area contributed by atoms with Gasteiger partial charge in [-0.3, -0.25) is 14.5 Å². The van der Waals surface area contributed by atoms with Crippen LogP contribution in [0.3, 0.4) is 0 Å². The van der Waals surface area contributed by atoms with Crippen molar-refractivity contribution in [2.24, 2.45) is 0 Å². The molecule has 1 N–H and O–H groups in total. The summed E-state index contributed by atoms with van der Waals surface area (Å²) in [7, 11) is 0. The normalized spacial score (nSPS) is 19.2. The van der Waals surface area contributed by atoms with Gasteiger partial charge in [0.25, 0.3) is 5.91 Å². The maximum Gasteiger partial charge on any atom is 0.325 e. The molecule has 0 aliphatic carbocycles. The highest BCUT2D eigenvalue weighted by molar-refractivity contribution is 6.11. The van der Waals surface area contributed by atoms with Crippen molar-refractivity contribution in [2.75, 3.05) is 13.3 Å². The number of rotatable bonds is 5. The average Bonchev–Trinajstić information content (AvgIpc) is 3.45. The second-order valence-electron chi connectivity index (χ2n) is 8.39. The molecule has 2 aromatic carbocycles. The first-order valence-corrected chi connectivity index (χ1v) is 10.6. The van der Waals surface area contributed by atoms with E-state index in [-0.39, 0.29) is 19.1 Å². The number of benzene rings is 2. The van der Waals surface area contributed by atoms with E-state index in [0.717, 1.165) is 22.0 Å². The van der Waals surface area contributed by atoms with E-state index in [0.29, 0.717) is 22.6 Å². The lowest BCUT2D eigenvalue weighted by atomic mass is 9.91. The van der Waals surface area contributed by atoms with Gasteiger partial charge in [0.05, 0.1) is 6.54 Å². The number of aryl methyl sites for hydroxylation is 1. The molecule has 1 atom stereocenters. The minimum absolute atomic E-state index is 0.109. The highest BCUT2D eigenvalue weighted by Gasteiger charge is 2.50. The van der Waals surface area contributed by atoms with Crippen LogP contribution in [-0.2, 0) is 10.3 Å². The Hall–Kier alpha value is -4.07. The van der Waals surface area contributed by atoms with Gasteiger partial charge in [0.2, 0.25) is 6.79 Å². The van der Waals surface area contributed by atoms with E-state index < -0.39 is 17.5 Å². The Morgan fingerprint density at radius 2 is 1.76 bits per heavy atom. The van der Waals surface area contributed by atoms with Crippen LogP contribution in [-0.4, -0.2) is 40.5 Å². The van der Waals surface area contributed by atoms with Crippen LogP contribution in [0.25, 0.3) is 5.69 Å². The summed E-state index contributed by atoms with van der Waals surface area (Å²) in [6.07, 6.45) is 0. The van der Waals surface area contributed by atoms with Crippen molar-refractivity contribution in [3.8, 4) is 17.2 Å². The number of carbonyl (C=O) groups excluding carboxylic acids is 3. The summed E-state index contributed by atoms with van der Waals surface area (Å²) < 4.78 is 12.7. The van der Waals surface area contributed by atoms with Gasteiger partial charge in [-0.2, -0.15) is 0 Å². The van der Waals surface area contributed by atoms with Crippen LogP contribution in [0, 0.1) is 13.8 Å². The maximum atomic E-state index is 13.3. The van der Waals surface area contributed by atoms with Gasteiger partial charge < -0.3 is 19.4 Å². The van der Waals surface area contributed by atoms with Gasteiger partial charge in [0.1, 0.15) is 5.54 Å². The van der Waals surface area contributed by atoms with Crippen molar-refractivity contribution in [3.63, 3.8) is 0 Å². The molecule has 2 aliphatic rings. The van der Waals surface area contributed by atoms with Crippen molar-refractivity contribution < 1.29 is 23.9 Å². The smallest absolute Gasteiger partial charge is 0.325 e. The van der Waals surface area contributed by atoms with Crippen LogP contribution in [0.1, 0.15) is 34.2 Å². The molecule has 3 heterocycles. The molecule has 5 rings (SSSR count). The van der Waals surface area contributed by atoms with Crippen molar-refractivity contribution in [2.45, 2.75) is 26.3 Å². The molecule has 1 aromatic heterocycles. The van der Waals surface area contributed by atoms with Crippen LogP contribution >= 0.6 is 0 Å². The fraction of sp³-hybridized carbons (Fsp3) is 0.240. The predicted octanol–water partition coefficient (Wildman–Crippen LogP) is 3.47. The monoisotopic (exact) mass is 445 g/mol. The summed E-state index contributed by atoms with van der Waals surface area (Å²) in [6.45, 7) is 5.16. The number of aromatic nitrogens is 1. The molecular weight excluding hydrogens is 422 g/mol. The molecule has 33 heavy (non-hydrogen) atoms. The molecule has 3 aromatic rings. The number of Topliss-reactive ketones (excluding diaryl/α,β-unsaturated/α-hetero) is 1. The lowest BCUT2D eigenvalue weighted by molar-refractivity contribution is -0.130. The van der Waals surface area contributed by atoms with E-state index in [4.69, 9.17) is 9.47 Å². The van der Waals surface area contributed by atoms with Crippen LogP contribution < -0.4 is 14.8 Å². The van der Waals surface area contributed by atoms with Crippen molar-refractivity contribution in [1.29, 1.82) is 0 Å². The molecule has 0 radical (unpaired) electrons. The molecule has 168 valence electrons. The molecule has 8 nitrogen and oxygen atoms in total. The number of imide groups is 1. The topological polar surface area (TPSA) is 89.9 Å². The van der Waals surface area contributed by atoms with Crippen LogP contribution in [0.15, 0.2) is 54.6 Å². The number of hydrogen-bond acceptors (Lipinski definition) is 5. The largest absolute Gasteiger partial charge is 0.454 e. The number of amides is 3. The molecule has 0 spiro atoms. The number of nitrogens with one attached hydrogen (secondary N) is 1. The Kier molecular flexibility index (Phi) is 4.74. The number of carbonyl (C=O) groups is 3. The van der Waals surface area contributed by atoms with Gasteiger partial charge in [-0.15, -0.1) is 0 Å². The predicted molar refractivity (Wildman–Crippen MR) is 120 cm³/mol. The zero-order chi connectivity index (χ0) is 23.3. The third-order valence-electron chi connectivity index (χ3n) is 6.27. The number of para-hydroxylation sites is 1. The van der Waals surface area contributed by atoms with Gasteiger partial charge >= 0.3 is 6.03 Å². The summed E-state index contributed by atoms with van der Waals surface area (Å²) in [5.74, 6) is 0.305. The van der Waals surface area contributed by atoms with Crippen molar-refractivity contribution in [3.05, 3.63) is 77.1 Å². The van der Waals surface area contributed by atoms with Gasteiger partial charge in [-0.1, -0.05) is 24.3 Å². The highest BCUT2D eigenvalue weighted by atomic mass is 16.7. The molecule has 1 fully saturated rings. The number of urea groups is 1.